The fourth-order valence-electron chi connectivity index (χ4n) is 2.35. The van der Waals surface area contributed by atoms with Crippen molar-refractivity contribution in [3.63, 3.8) is 0 Å². The van der Waals surface area contributed by atoms with Gasteiger partial charge in [0, 0.05) is 12.3 Å². The van der Waals surface area contributed by atoms with Crippen molar-refractivity contribution in [1.82, 2.24) is 0 Å². The maximum atomic E-state index is 10.3. The average molecular weight is 323 g/mol. The highest BCUT2D eigenvalue weighted by Crippen LogP contribution is 2.14. The molecule has 2 atom stereocenters. The monoisotopic (exact) mass is 322 g/mol. The Hall–Kier alpha value is -0.320. The Kier molecular flexibility index (Phi) is 14.4. The van der Waals surface area contributed by atoms with Gasteiger partial charge in [0.05, 0.1) is 12.2 Å². The number of carbonyl (C=O) groups is 1. The molecule has 0 rings (SSSR count). The lowest BCUT2D eigenvalue weighted by molar-refractivity contribution is -0.137. The molecule has 0 aliphatic heterocycles. The number of aliphatic carboxylic acids is 1. The molecule has 0 unspecified atom stereocenters. The first-order valence-electron chi connectivity index (χ1n) is 8.21. The second-order valence-corrected chi connectivity index (χ2v) is 6.10. The predicted molar refractivity (Wildman–Crippen MR) is 85.8 cm³/mol. The number of hydrogen-bond acceptors (Lipinski definition) is 3. The third-order valence-electron chi connectivity index (χ3n) is 3.72. The van der Waals surface area contributed by atoms with Gasteiger partial charge in [0.15, 0.2) is 0 Å². The fourth-order valence-corrected chi connectivity index (χ4v) is 2.54. The summed E-state index contributed by atoms with van der Waals surface area (Å²) in [5.74, 6) is -0.0444. The van der Waals surface area contributed by atoms with Gasteiger partial charge in [-0.3, -0.25) is 4.79 Å². The van der Waals surface area contributed by atoms with Gasteiger partial charge in [0.2, 0.25) is 0 Å². The molecule has 0 aliphatic rings. The van der Waals surface area contributed by atoms with Crippen molar-refractivity contribution in [2.24, 2.45) is 0 Å². The fraction of sp³-hybridized carbons (Fsp3) is 0.938. The molecule has 0 aromatic heterocycles. The summed E-state index contributed by atoms with van der Waals surface area (Å²) in [7, 11) is 0. The van der Waals surface area contributed by atoms with E-state index in [1.807, 2.05) is 0 Å². The first kappa shape index (κ1) is 20.7. The van der Waals surface area contributed by atoms with E-state index in [9.17, 15) is 15.0 Å². The van der Waals surface area contributed by atoms with Gasteiger partial charge in [-0.25, -0.2) is 0 Å². The summed E-state index contributed by atoms with van der Waals surface area (Å²) in [6.45, 7) is 0. The number of carboxylic acid groups (broad SMARTS) is 1. The van der Waals surface area contributed by atoms with Crippen LogP contribution in [0.2, 0.25) is 0 Å². The van der Waals surface area contributed by atoms with Crippen LogP contribution in [-0.2, 0) is 4.79 Å². The molecule has 0 bridgehead atoms. The van der Waals surface area contributed by atoms with Gasteiger partial charge in [0.25, 0.3) is 0 Å². The zero-order valence-corrected chi connectivity index (χ0v) is 13.7. The third kappa shape index (κ3) is 14.4. The number of aliphatic hydroxyl groups excluding tert-OH is 2. The molecule has 3 N–H and O–H groups in total. The quantitative estimate of drug-likeness (QED) is 0.317. The summed E-state index contributed by atoms with van der Waals surface area (Å²) in [6, 6.07) is 0. The molecule has 0 saturated heterocycles. The molecule has 4 nitrogen and oxygen atoms in total. The van der Waals surface area contributed by atoms with Gasteiger partial charge in [-0.15, -0.1) is 11.6 Å². The standard InChI is InChI=1S/C16H31ClO4/c17-13-9-5-4-7-11-15(19)14(18)10-6-2-1-3-8-12-16(20)21/h14-15,18-19H,1-13H2,(H,20,21)/t14-,15+/m1/s1. The van der Waals surface area contributed by atoms with E-state index >= 15 is 0 Å². The largest absolute Gasteiger partial charge is 0.481 e. The van der Waals surface area contributed by atoms with E-state index in [1.165, 1.54) is 0 Å². The Morgan fingerprint density at radius 3 is 1.67 bits per heavy atom. The summed E-state index contributed by atoms with van der Waals surface area (Å²) >= 11 is 5.59. The zero-order chi connectivity index (χ0) is 15.9. The van der Waals surface area contributed by atoms with E-state index in [4.69, 9.17) is 16.7 Å². The topological polar surface area (TPSA) is 77.8 Å². The van der Waals surface area contributed by atoms with Crippen LogP contribution >= 0.6 is 11.6 Å². The van der Waals surface area contributed by atoms with Crippen molar-refractivity contribution in [3.05, 3.63) is 0 Å². The van der Waals surface area contributed by atoms with Crippen LogP contribution in [0, 0.1) is 0 Å². The second-order valence-electron chi connectivity index (χ2n) is 5.73. The Labute approximate surface area is 133 Å². The van der Waals surface area contributed by atoms with E-state index in [1.54, 1.807) is 0 Å². The highest BCUT2D eigenvalue weighted by molar-refractivity contribution is 6.17. The molecule has 0 saturated carbocycles. The van der Waals surface area contributed by atoms with E-state index in [0.29, 0.717) is 18.7 Å². The number of unbranched alkanes of at least 4 members (excludes halogenated alkanes) is 7. The van der Waals surface area contributed by atoms with Crippen LogP contribution in [0.15, 0.2) is 0 Å². The third-order valence-corrected chi connectivity index (χ3v) is 3.99. The maximum absolute atomic E-state index is 10.3. The molecule has 21 heavy (non-hydrogen) atoms. The molecule has 0 aromatic rings. The van der Waals surface area contributed by atoms with Crippen LogP contribution in [0.1, 0.15) is 77.0 Å². The molecule has 0 fully saturated rings. The van der Waals surface area contributed by atoms with Crippen molar-refractivity contribution in [2.75, 3.05) is 5.88 Å². The van der Waals surface area contributed by atoms with Crippen LogP contribution in [0.4, 0.5) is 0 Å². The molecule has 0 amide bonds. The number of alkyl halides is 1. The van der Waals surface area contributed by atoms with Crippen LogP contribution in [0.3, 0.4) is 0 Å². The van der Waals surface area contributed by atoms with Gasteiger partial charge < -0.3 is 15.3 Å². The van der Waals surface area contributed by atoms with Gasteiger partial charge in [0.1, 0.15) is 0 Å². The van der Waals surface area contributed by atoms with Crippen molar-refractivity contribution < 1.29 is 20.1 Å². The minimum Gasteiger partial charge on any atom is -0.481 e. The highest BCUT2D eigenvalue weighted by Gasteiger charge is 2.15. The van der Waals surface area contributed by atoms with Crippen molar-refractivity contribution in [1.29, 1.82) is 0 Å². The Balaban J connectivity index is 3.38. The molecule has 126 valence electrons. The van der Waals surface area contributed by atoms with E-state index in [0.717, 1.165) is 57.8 Å². The maximum Gasteiger partial charge on any atom is 0.303 e. The second kappa shape index (κ2) is 14.6. The minimum atomic E-state index is -0.736. The number of rotatable bonds is 15. The molecule has 0 spiro atoms. The molecule has 0 aromatic carbocycles. The van der Waals surface area contributed by atoms with Gasteiger partial charge in [-0.1, -0.05) is 44.9 Å². The molecule has 0 aliphatic carbocycles. The van der Waals surface area contributed by atoms with E-state index in [-0.39, 0.29) is 6.42 Å². The lowest BCUT2D eigenvalue weighted by Crippen LogP contribution is -2.25. The lowest BCUT2D eigenvalue weighted by atomic mass is 10.00. The SMILES string of the molecule is O=C(O)CCCCCCC[C@@H](O)[C@@H](O)CCCCCCCl. The van der Waals surface area contributed by atoms with Crippen molar-refractivity contribution >= 4 is 17.6 Å². The highest BCUT2D eigenvalue weighted by atomic mass is 35.5. The lowest BCUT2D eigenvalue weighted by Gasteiger charge is -2.17. The molecular weight excluding hydrogens is 292 g/mol. The zero-order valence-electron chi connectivity index (χ0n) is 13.0. The van der Waals surface area contributed by atoms with Crippen LogP contribution in [0.25, 0.3) is 0 Å². The summed E-state index contributed by atoms with van der Waals surface area (Å²) in [5.41, 5.74) is 0. The number of hydrogen-bond donors (Lipinski definition) is 3. The smallest absolute Gasteiger partial charge is 0.303 e. The van der Waals surface area contributed by atoms with Gasteiger partial charge in [-0.2, -0.15) is 0 Å². The summed E-state index contributed by atoms with van der Waals surface area (Å²) in [4.78, 5) is 10.3. The summed E-state index contributed by atoms with van der Waals surface area (Å²) < 4.78 is 0. The minimum absolute atomic E-state index is 0.241. The normalized spacial score (nSPS) is 14.0. The van der Waals surface area contributed by atoms with Crippen LogP contribution in [0.5, 0.6) is 0 Å². The predicted octanol–water partition coefficient (Wildman–Crippen LogP) is 3.71. The number of aliphatic hydroxyl groups is 2. The number of carboxylic acids is 1. The van der Waals surface area contributed by atoms with E-state index < -0.39 is 18.2 Å². The van der Waals surface area contributed by atoms with E-state index in [2.05, 4.69) is 0 Å². The molecule has 0 radical (unpaired) electrons. The molecule has 5 heteroatoms. The van der Waals surface area contributed by atoms with Crippen molar-refractivity contribution in [3.8, 4) is 0 Å². The van der Waals surface area contributed by atoms with Crippen molar-refractivity contribution in [2.45, 2.75) is 89.3 Å². The van der Waals surface area contributed by atoms with Crippen LogP contribution in [-0.4, -0.2) is 39.4 Å². The Morgan fingerprint density at radius 2 is 1.19 bits per heavy atom. The summed E-state index contributed by atoms with van der Waals surface area (Å²) in [6.07, 6.45) is 8.88. The first-order valence-corrected chi connectivity index (χ1v) is 8.75. The average Bonchev–Trinajstić information content (AvgIpc) is 2.45. The Bertz CT molecular complexity index is 248. The summed E-state index contributed by atoms with van der Waals surface area (Å²) in [5, 5.41) is 28.2. The number of halogens is 1. The van der Waals surface area contributed by atoms with Crippen LogP contribution < -0.4 is 0 Å². The molecule has 0 heterocycles. The Morgan fingerprint density at radius 1 is 0.762 bits per heavy atom. The first-order chi connectivity index (χ1) is 10.1. The molecular formula is C16H31ClO4. The van der Waals surface area contributed by atoms with Gasteiger partial charge in [-0.05, 0) is 25.7 Å². The van der Waals surface area contributed by atoms with Gasteiger partial charge >= 0.3 is 5.97 Å².